The molecule has 0 aliphatic rings. The third-order valence-corrected chi connectivity index (χ3v) is 4.33. The predicted octanol–water partition coefficient (Wildman–Crippen LogP) is 6.63. The van der Waals surface area contributed by atoms with Gasteiger partial charge in [0.15, 0.2) is 5.69 Å². The molecule has 4 aromatic rings. The molecule has 0 atom stereocenters. The van der Waals surface area contributed by atoms with E-state index in [2.05, 4.69) is 35.2 Å². The van der Waals surface area contributed by atoms with Gasteiger partial charge in [0.1, 0.15) is 0 Å². The molecule has 2 nitrogen and oxygen atoms in total. The Bertz CT molecular complexity index is 1080. The number of nitrogens with zero attached hydrogens (tertiary/aromatic N) is 2. The van der Waals surface area contributed by atoms with Crippen LogP contribution < -0.4 is 0 Å². The Morgan fingerprint density at radius 2 is 1.19 bits per heavy atom. The molecule has 0 saturated heterocycles. The van der Waals surface area contributed by atoms with E-state index in [1.165, 1.54) is 0 Å². The second kappa shape index (κ2) is 7.04. The quantitative estimate of drug-likeness (QED) is 0.385. The van der Waals surface area contributed by atoms with E-state index in [0.717, 1.165) is 33.6 Å². The first kappa shape index (κ1) is 15.8. The number of rotatable bonds is 3. The lowest BCUT2D eigenvalue weighted by Crippen LogP contribution is -1.92. The summed E-state index contributed by atoms with van der Waals surface area (Å²) in [5, 5.41) is 0. The average molecular weight is 332 g/mol. The van der Waals surface area contributed by atoms with Crippen molar-refractivity contribution >= 4 is 5.69 Å². The van der Waals surface area contributed by atoms with Crippen LogP contribution in [-0.4, -0.2) is 4.98 Å². The topological polar surface area (TPSA) is 17.2 Å². The molecule has 0 radical (unpaired) electrons. The van der Waals surface area contributed by atoms with E-state index < -0.39 is 0 Å². The summed E-state index contributed by atoms with van der Waals surface area (Å²) in [4.78, 5) is 8.59. The van der Waals surface area contributed by atoms with Crippen LogP contribution in [0.15, 0.2) is 97.1 Å². The molecule has 0 aliphatic heterocycles. The Morgan fingerprint density at radius 1 is 0.577 bits per heavy atom. The van der Waals surface area contributed by atoms with Crippen LogP contribution in [0.5, 0.6) is 0 Å². The minimum atomic E-state index is 0.617. The van der Waals surface area contributed by atoms with Gasteiger partial charge in [-0.15, -0.1) is 0 Å². The highest BCUT2D eigenvalue weighted by Crippen LogP contribution is 2.35. The highest BCUT2D eigenvalue weighted by molar-refractivity contribution is 5.84. The van der Waals surface area contributed by atoms with Gasteiger partial charge >= 0.3 is 0 Å². The minimum absolute atomic E-state index is 0.617. The Hall–Kier alpha value is -3.70. The minimum Gasteiger partial charge on any atom is -0.248 e. The summed E-state index contributed by atoms with van der Waals surface area (Å²) in [7, 11) is 0. The van der Waals surface area contributed by atoms with E-state index in [9.17, 15) is 0 Å². The molecule has 4 rings (SSSR count). The fourth-order valence-electron chi connectivity index (χ4n) is 3.06. The molecule has 0 bridgehead atoms. The first-order valence-electron chi connectivity index (χ1n) is 8.45. The second-order valence-electron chi connectivity index (χ2n) is 5.95. The largest absolute Gasteiger partial charge is 0.248 e. The molecule has 0 fully saturated rings. The van der Waals surface area contributed by atoms with E-state index >= 15 is 0 Å². The Morgan fingerprint density at radius 3 is 1.88 bits per heavy atom. The molecule has 26 heavy (non-hydrogen) atoms. The van der Waals surface area contributed by atoms with Gasteiger partial charge in [0.25, 0.3) is 0 Å². The van der Waals surface area contributed by atoms with Crippen molar-refractivity contribution in [2.24, 2.45) is 0 Å². The molecule has 0 aliphatic carbocycles. The third kappa shape index (κ3) is 2.99. The second-order valence-corrected chi connectivity index (χ2v) is 5.95. The monoisotopic (exact) mass is 332 g/mol. The Labute approximate surface area is 153 Å². The van der Waals surface area contributed by atoms with Crippen LogP contribution in [-0.2, 0) is 0 Å². The van der Waals surface area contributed by atoms with Gasteiger partial charge < -0.3 is 0 Å². The van der Waals surface area contributed by atoms with Crippen LogP contribution in [0.25, 0.3) is 38.5 Å². The fraction of sp³-hybridized carbons (Fsp3) is 0. The normalized spacial score (nSPS) is 10.3. The van der Waals surface area contributed by atoms with E-state index in [1.807, 2.05) is 66.7 Å². The molecule has 2 heteroatoms. The van der Waals surface area contributed by atoms with Gasteiger partial charge in [0.2, 0.25) is 0 Å². The van der Waals surface area contributed by atoms with Gasteiger partial charge in [-0.25, -0.2) is 9.83 Å². The molecule has 0 unspecified atom stereocenters. The van der Waals surface area contributed by atoms with Crippen LogP contribution in [0.4, 0.5) is 5.69 Å². The maximum atomic E-state index is 7.43. The van der Waals surface area contributed by atoms with Gasteiger partial charge in [-0.2, -0.15) is 0 Å². The number of hydrogen-bond donors (Lipinski definition) is 0. The maximum absolute atomic E-state index is 7.43. The standard InChI is InChI=1S/C24H16N2/c1-25-22-15-9-8-14-21(22)23-17-16-20(18-10-4-2-5-11-18)24(26-23)19-12-6-3-7-13-19/h2-17H. The van der Waals surface area contributed by atoms with Crippen LogP contribution in [0.2, 0.25) is 0 Å². The van der Waals surface area contributed by atoms with Crippen LogP contribution in [0.3, 0.4) is 0 Å². The molecule has 1 heterocycles. The third-order valence-electron chi connectivity index (χ3n) is 4.33. The molecule has 0 saturated carbocycles. The number of para-hydroxylation sites is 1. The SMILES string of the molecule is [C-]#[N+]c1ccccc1-c1ccc(-c2ccccc2)c(-c2ccccc2)n1. The number of pyridine rings is 1. The summed E-state index contributed by atoms with van der Waals surface area (Å²) in [6.45, 7) is 7.43. The van der Waals surface area contributed by atoms with Crippen molar-refractivity contribution < 1.29 is 0 Å². The molecule has 0 N–H and O–H groups in total. The van der Waals surface area contributed by atoms with Gasteiger partial charge in [0.05, 0.1) is 18.0 Å². The van der Waals surface area contributed by atoms with Crippen LogP contribution in [0.1, 0.15) is 0 Å². The van der Waals surface area contributed by atoms with Gasteiger partial charge in [-0.3, -0.25) is 0 Å². The fourth-order valence-corrected chi connectivity index (χ4v) is 3.06. The highest BCUT2D eigenvalue weighted by Gasteiger charge is 2.13. The Kier molecular flexibility index (Phi) is 4.28. The zero-order chi connectivity index (χ0) is 17.8. The molecule has 0 amide bonds. The summed E-state index contributed by atoms with van der Waals surface area (Å²) in [5.41, 5.74) is 6.49. The predicted molar refractivity (Wildman–Crippen MR) is 107 cm³/mol. The number of aromatic nitrogens is 1. The van der Waals surface area contributed by atoms with Crippen molar-refractivity contribution in [1.29, 1.82) is 0 Å². The number of hydrogen-bond acceptors (Lipinski definition) is 1. The summed E-state index contributed by atoms with van der Waals surface area (Å²) >= 11 is 0. The lowest BCUT2D eigenvalue weighted by molar-refractivity contribution is 1.32. The van der Waals surface area contributed by atoms with Crippen LogP contribution >= 0.6 is 0 Å². The van der Waals surface area contributed by atoms with Crippen molar-refractivity contribution in [3.63, 3.8) is 0 Å². The highest BCUT2D eigenvalue weighted by atomic mass is 14.7. The first-order valence-corrected chi connectivity index (χ1v) is 8.45. The van der Waals surface area contributed by atoms with Crippen molar-refractivity contribution in [3.05, 3.63) is 108 Å². The van der Waals surface area contributed by atoms with Gasteiger partial charge in [-0.05, 0) is 11.6 Å². The smallest absolute Gasteiger partial charge is 0.196 e. The molecule has 3 aromatic carbocycles. The van der Waals surface area contributed by atoms with Crippen LogP contribution in [0, 0.1) is 6.57 Å². The first-order chi connectivity index (χ1) is 12.9. The number of benzene rings is 3. The zero-order valence-electron chi connectivity index (χ0n) is 14.1. The molecular formula is C24H16N2. The van der Waals surface area contributed by atoms with Gasteiger partial charge in [-0.1, -0.05) is 91.0 Å². The van der Waals surface area contributed by atoms with Crippen molar-refractivity contribution in [2.75, 3.05) is 0 Å². The van der Waals surface area contributed by atoms with Crippen molar-refractivity contribution in [1.82, 2.24) is 4.98 Å². The lowest BCUT2D eigenvalue weighted by atomic mass is 9.97. The van der Waals surface area contributed by atoms with E-state index in [4.69, 9.17) is 11.6 Å². The molecule has 122 valence electrons. The van der Waals surface area contributed by atoms with Gasteiger partial charge in [0, 0.05) is 16.7 Å². The van der Waals surface area contributed by atoms with E-state index in [1.54, 1.807) is 0 Å². The summed E-state index contributed by atoms with van der Waals surface area (Å²) in [6.07, 6.45) is 0. The Balaban J connectivity index is 1.95. The zero-order valence-corrected chi connectivity index (χ0v) is 14.1. The summed E-state index contributed by atoms with van der Waals surface area (Å²) < 4.78 is 0. The van der Waals surface area contributed by atoms with Crippen molar-refractivity contribution in [2.45, 2.75) is 0 Å². The summed E-state index contributed by atoms with van der Waals surface area (Å²) in [6, 6.07) is 32.2. The molecular weight excluding hydrogens is 316 g/mol. The molecule has 1 aromatic heterocycles. The maximum Gasteiger partial charge on any atom is 0.196 e. The van der Waals surface area contributed by atoms with Crippen molar-refractivity contribution in [3.8, 4) is 33.6 Å². The van der Waals surface area contributed by atoms with E-state index in [-0.39, 0.29) is 0 Å². The average Bonchev–Trinajstić information content (AvgIpc) is 2.74. The lowest BCUT2D eigenvalue weighted by Gasteiger charge is -2.12. The van der Waals surface area contributed by atoms with E-state index in [0.29, 0.717) is 5.69 Å². The summed E-state index contributed by atoms with van der Waals surface area (Å²) in [5.74, 6) is 0. The molecule has 0 spiro atoms.